The number of carboxylic acid groups (broad SMARTS) is 1. The largest absolute Gasteiger partial charge is 0.491 e. The Labute approximate surface area is 203 Å². The van der Waals surface area contributed by atoms with Gasteiger partial charge in [-0.1, -0.05) is 0 Å². The molecule has 1 amide bonds. The number of hydrogen-bond donors (Lipinski definition) is 2. The molecule has 0 aromatic carbocycles. The van der Waals surface area contributed by atoms with Gasteiger partial charge in [-0.3, -0.25) is 4.98 Å². The van der Waals surface area contributed by atoms with E-state index in [-0.39, 0.29) is 25.4 Å². The number of amides is 1. The number of fused-ring (bicyclic) bond motifs is 1. The quantitative estimate of drug-likeness (QED) is 0.489. The summed E-state index contributed by atoms with van der Waals surface area (Å²) in [4.78, 5) is 22.8. The summed E-state index contributed by atoms with van der Waals surface area (Å²) in [5.41, 5.74) is 2.23. The second-order valence-electron chi connectivity index (χ2n) is 8.71. The van der Waals surface area contributed by atoms with Gasteiger partial charge in [0.2, 0.25) is 0 Å². The molecule has 2 fully saturated rings. The molecule has 0 bridgehead atoms. The Morgan fingerprint density at radius 3 is 3.00 bits per heavy atom. The van der Waals surface area contributed by atoms with E-state index >= 15 is 0 Å². The number of nitrogens with one attached hydrogen (secondary N) is 1. The fraction of sp³-hybridized carbons (Fsp3) is 0.500. The lowest BCUT2D eigenvalue weighted by atomic mass is 10.1. The second kappa shape index (κ2) is 10.4. The van der Waals surface area contributed by atoms with Gasteiger partial charge in [-0.2, -0.15) is 5.10 Å². The molecule has 5 heterocycles. The van der Waals surface area contributed by atoms with E-state index in [1.54, 1.807) is 12.4 Å². The third-order valence-electron chi connectivity index (χ3n) is 6.32. The van der Waals surface area contributed by atoms with E-state index in [2.05, 4.69) is 22.2 Å². The molecule has 2 aliphatic heterocycles. The number of hydrogen-bond acceptors (Lipinski definition) is 8. The molecular weight excluding hydrogens is 452 g/mol. The van der Waals surface area contributed by atoms with Crippen molar-refractivity contribution in [3.63, 3.8) is 0 Å². The molecule has 186 valence electrons. The number of carbonyl (C=O) groups is 1. The molecular formula is C24H30N6O5. The number of rotatable bonds is 7. The van der Waals surface area contributed by atoms with Crippen molar-refractivity contribution in [2.75, 3.05) is 44.4 Å². The summed E-state index contributed by atoms with van der Waals surface area (Å²) in [7, 11) is 0. The van der Waals surface area contributed by atoms with Crippen molar-refractivity contribution in [1.82, 2.24) is 25.1 Å². The molecule has 2 aliphatic rings. The van der Waals surface area contributed by atoms with E-state index in [4.69, 9.17) is 29.3 Å². The molecule has 0 aliphatic carbocycles. The van der Waals surface area contributed by atoms with Crippen LogP contribution in [0.15, 0.2) is 30.6 Å². The highest BCUT2D eigenvalue weighted by Gasteiger charge is 2.25. The first-order valence-corrected chi connectivity index (χ1v) is 12.0. The molecule has 3 aromatic heterocycles. The summed E-state index contributed by atoms with van der Waals surface area (Å²) in [6.45, 7) is 5.12. The molecule has 11 nitrogen and oxygen atoms in total. The Hall–Kier alpha value is -3.44. The van der Waals surface area contributed by atoms with Gasteiger partial charge in [-0.25, -0.2) is 14.5 Å². The van der Waals surface area contributed by atoms with Gasteiger partial charge >= 0.3 is 6.09 Å². The van der Waals surface area contributed by atoms with Crippen LogP contribution < -0.4 is 15.0 Å². The van der Waals surface area contributed by atoms with Crippen LogP contribution in [0, 0.1) is 0 Å². The number of nitrogens with zero attached hydrogens (tertiary/aromatic N) is 5. The monoisotopic (exact) mass is 482 g/mol. The van der Waals surface area contributed by atoms with Crippen molar-refractivity contribution in [1.29, 1.82) is 0 Å². The Morgan fingerprint density at radius 2 is 2.20 bits per heavy atom. The average molecular weight is 483 g/mol. The minimum Gasteiger partial charge on any atom is -0.491 e. The standard InChI is InChI=1S/C24H30N6O5/c1-16-15-33-13-10-29(16)20-14-19(34-12-9-26-24(31)32)17-5-7-25-23(22(17)28-20)18-6-8-27-30(18)21-4-2-3-11-35-21/h5-8,14,16,21,26H,2-4,9-13,15H2,1H3,(H,31,32)/t16-,21?/m1/s1. The SMILES string of the molecule is C[C@@H]1COCCN1c1cc(OCCNC(=O)O)c2ccnc(-c3ccnn3C3CCCCO3)c2n1. The maximum absolute atomic E-state index is 10.8. The normalized spacial score (nSPS) is 20.7. The Morgan fingerprint density at radius 1 is 1.29 bits per heavy atom. The van der Waals surface area contributed by atoms with Crippen LogP contribution in [-0.2, 0) is 9.47 Å². The van der Waals surface area contributed by atoms with Gasteiger partial charge in [-0.05, 0) is 38.3 Å². The predicted octanol–water partition coefficient (Wildman–Crippen LogP) is 3.06. The summed E-state index contributed by atoms with van der Waals surface area (Å²) >= 11 is 0. The minimum atomic E-state index is -1.08. The summed E-state index contributed by atoms with van der Waals surface area (Å²) in [5.74, 6) is 1.39. The zero-order valence-corrected chi connectivity index (χ0v) is 19.7. The molecule has 2 N–H and O–H groups in total. The van der Waals surface area contributed by atoms with E-state index in [1.807, 2.05) is 22.9 Å². The van der Waals surface area contributed by atoms with Crippen molar-refractivity contribution in [2.24, 2.45) is 0 Å². The molecule has 2 atom stereocenters. The van der Waals surface area contributed by atoms with Gasteiger partial charge in [-0.15, -0.1) is 0 Å². The van der Waals surface area contributed by atoms with Gasteiger partial charge in [0.1, 0.15) is 29.4 Å². The number of anilines is 1. The molecule has 0 saturated carbocycles. The van der Waals surface area contributed by atoms with E-state index in [9.17, 15) is 4.79 Å². The minimum absolute atomic E-state index is 0.133. The molecule has 1 unspecified atom stereocenters. The third kappa shape index (κ3) is 5.01. The molecule has 35 heavy (non-hydrogen) atoms. The fourth-order valence-electron chi connectivity index (χ4n) is 4.60. The van der Waals surface area contributed by atoms with Crippen molar-refractivity contribution in [2.45, 2.75) is 38.5 Å². The Balaban J connectivity index is 1.58. The predicted molar refractivity (Wildman–Crippen MR) is 129 cm³/mol. The first kappa shape index (κ1) is 23.3. The maximum atomic E-state index is 10.8. The highest BCUT2D eigenvalue weighted by molar-refractivity contribution is 5.95. The number of aromatic nitrogens is 4. The Bertz CT molecular complexity index is 1180. The number of ether oxygens (including phenoxy) is 3. The summed E-state index contributed by atoms with van der Waals surface area (Å²) in [6.07, 6.45) is 5.32. The highest BCUT2D eigenvalue weighted by Crippen LogP contribution is 2.36. The van der Waals surface area contributed by atoms with Gasteiger partial charge in [0.05, 0.1) is 31.5 Å². The van der Waals surface area contributed by atoms with Crippen LogP contribution >= 0.6 is 0 Å². The van der Waals surface area contributed by atoms with Gasteiger partial charge in [0.25, 0.3) is 0 Å². The number of morpholine rings is 1. The summed E-state index contributed by atoms with van der Waals surface area (Å²) in [6, 6.07) is 5.87. The lowest BCUT2D eigenvalue weighted by Gasteiger charge is -2.34. The summed E-state index contributed by atoms with van der Waals surface area (Å²) < 4.78 is 19.6. The van der Waals surface area contributed by atoms with Crippen LogP contribution in [0.5, 0.6) is 5.75 Å². The van der Waals surface area contributed by atoms with Crippen molar-refractivity contribution in [3.8, 4) is 17.1 Å². The third-order valence-corrected chi connectivity index (χ3v) is 6.32. The van der Waals surface area contributed by atoms with Crippen LogP contribution in [0.3, 0.4) is 0 Å². The Kier molecular flexibility index (Phi) is 6.96. The van der Waals surface area contributed by atoms with E-state index in [1.165, 1.54) is 0 Å². The second-order valence-corrected chi connectivity index (χ2v) is 8.71. The molecule has 11 heteroatoms. The van der Waals surface area contributed by atoms with Crippen molar-refractivity contribution in [3.05, 3.63) is 30.6 Å². The van der Waals surface area contributed by atoms with Crippen LogP contribution in [0.2, 0.25) is 0 Å². The molecule has 0 spiro atoms. The zero-order valence-electron chi connectivity index (χ0n) is 19.7. The van der Waals surface area contributed by atoms with Gasteiger partial charge in [0.15, 0.2) is 6.23 Å². The highest BCUT2D eigenvalue weighted by atomic mass is 16.5. The van der Waals surface area contributed by atoms with Crippen molar-refractivity contribution < 1.29 is 24.1 Å². The summed E-state index contributed by atoms with van der Waals surface area (Å²) in [5, 5.41) is 16.6. The number of pyridine rings is 2. The average Bonchev–Trinajstić information content (AvgIpc) is 3.36. The van der Waals surface area contributed by atoms with E-state index in [0.29, 0.717) is 43.3 Å². The van der Waals surface area contributed by atoms with Crippen LogP contribution in [0.25, 0.3) is 22.3 Å². The molecule has 5 rings (SSSR count). The van der Waals surface area contributed by atoms with Crippen LogP contribution in [0.4, 0.5) is 10.6 Å². The fourth-order valence-corrected chi connectivity index (χ4v) is 4.60. The maximum Gasteiger partial charge on any atom is 0.404 e. The first-order valence-electron chi connectivity index (χ1n) is 12.0. The first-order chi connectivity index (χ1) is 17.1. The lowest BCUT2D eigenvalue weighted by molar-refractivity contribution is -0.0383. The molecule has 3 aromatic rings. The molecule has 2 saturated heterocycles. The van der Waals surface area contributed by atoms with Gasteiger partial charge in [0, 0.05) is 37.0 Å². The zero-order chi connectivity index (χ0) is 24.2. The lowest BCUT2D eigenvalue weighted by Crippen LogP contribution is -2.44. The van der Waals surface area contributed by atoms with Crippen LogP contribution in [0.1, 0.15) is 32.4 Å². The van der Waals surface area contributed by atoms with E-state index < -0.39 is 6.09 Å². The molecule has 0 radical (unpaired) electrons. The topological polar surface area (TPSA) is 124 Å². The van der Waals surface area contributed by atoms with Crippen LogP contribution in [-0.4, -0.2) is 76.5 Å². The van der Waals surface area contributed by atoms with Gasteiger partial charge < -0.3 is 29.5 Å². The van der Waals surface area contributed by atoms with Crippen molar-refractivity contribution >= 4 is 22.8 Å². The smallest absolute Gasteiger partial charge is 0.404 e. The van der Waals surface area contributed by atoms with E-state index in [0.717, 1.165) is 36.2 Å².